The predicted octanol–water partition coefficient (Wildman–Crippen LogP) is 8.76. The van der Waals surface area contributed by atoms with E-state index in [4.69, 9.17) is 4.74 Å². The SMILES string of the molecule is CCCCCCC1CCC(CCCC(=O)OC2CCCCC2)(C2CCCCC2)CC1. The summed E-state index contributed by atoms with van der Waals surface area (Å²) in [5, 5.41) is 0. The van der Waals surface area contributed by atoms with Crippen LogP contribution in [0.25, 0.3) is 0 Å². The molecule has 3 saturated carbocycles. The number of esters is 1. The number of hydrogen-bond donors (Lipinski definition) is 0. The Kier molecular flexibility index (Phi) is 10.5. The third-order valence-corrected chi connectivity index (χ3v) is 8.94. The van der Waals surface area contributed by atoms with E-state index < -0.39 is 0 Å². The van der Waals surface area contributed by atoms with E-state index in [-0.39, 0.29) is 12.1 Å². The molecule has 0 unspecified atom stereocenters. The van der Waals surface area contributed by atoms with E-state index >= 15 is 0 Å². The molecule has 174 valence electrons. The van der Waals surface area contributed by atoms with Crippen molar-refractivity contribution in [1.29, 1.82) is 0 Å². The van der Waals surface area contributed by atoms with Crippen molar-refractivity contribution in [3.8, 4) is 0 Å². The molecule has 2 nitrogen and oxygen atoms in total. The second-order valence-corrected chi connectivity index (χ2v) is 11.1. The molecular weight excluding hydrogens is 368 g/mol. The van der Waals surface area contributed by atoms with Gasteiger partial charge in [0.15, 0.2) is 0 Å². The molecule has 0 N–H and O–H groups in total. The summed E-state index contributed by atoms with van der Waals surface area (Å²) in [4.78, 5) is 12.4. The van der Waals surface area contributed by atoms with Crippen molar-refractivity contribution >= 4 is 5.97 Å². The largest absolute Gasteiger partial charge is 0.462 e. The molecule has 0 spiro atoms. The molecule has 0 atom stereocenters. The smallest absolute Gasteiger partial charge is 0.306 e. The van der Waals surface area contributed by atoms with Gasteiger partial charge >= 0.3 is 5.97 Å². The molecule has 0 aromatic carbocycles. The first-order valence-electron chi connectivity index (χ1n) is 13.9. The first-order valence-corrected chi connectivity index (χ1v) is 13.9. The van der Waals surface area contributed by atoms with Crippen molar-refractivity contribution in [1.82, 2.24) is 0 Å². The zero-order chi connectivity index (χ0) is 21.1. The van der Waals surface area contributed by atoms with Crippen LogP contribution in [0, 0.1) is 17.3 Å². The molecule has 0 bridgehead atoms. The van der Waals surface area contributed by atoms with Crippen LogP contribution in [-0.2, 0) is 9.53 Å². The molecule has 0 aromatic rings. The Morgan fingerprint density at radius 3 is 2.13 bits per heavy atom. The first-order chi connectivity index (χ1) is 14.7. The van der Waals surface area contributed by atoms with Crippen molar-refractivity contribution in [2.45, 2.75) is 154 Å². The molecule has 0 amide bonds. The highest BCUT2D eigenvalue weighted by molar-refractivity contribution is 5.69. The number of carbonyl (C=O) groups excluding carboxylic acids is 1. The lowest BCUT2D eigenvalue weighted by molar-refractivity contribution is -0.150. The molecule has 3 aliphatic carbocycles. The van der Waals surface area contributed by atoms with Gasteiger partial charge in [0.05, 0.1) is 0 Å². The molecule has 3 aliphatic rings. The van der Waals surface area contributed by atoms with Gasteiger partial charge in [0.1, 0.15) is 6.10 Å². The van der Waals surface area contributed by atoms with Gasteiger partial charge in [0.2, 0.25) is 0 Å². The van der Waals surface area contributed by atoms with Crippen LogP contribution in [0.2, 0.25) is 0 Å². The second kappa shape index (κ2) is 13.1. The summed E-state index contributed by atoms with van der Waals surface area (Å²) in [6.45, 7) is 2.31. The van der Waals surface area contributed by atoms with E-state index in [0.717, 1.165) is 31.1 Å². The van der Waals surface area contributed by atoms with E-state index in [0.29, 0.717) is 11.8 Å². The summed E-state index contributed by atoms with van der Waals surface area (Å²) in [5.41, 5.74) is 0.547. The van der Waals surface area contributed by atoms with Gasteiger partial charge in [-0.2, -0.15) is 0 Å². The monoisotopic (exact) mass is 418 g/mol. The normalized spacial score (nSPS) is 29.0. The van der Waals surface area contributed by atoms with E-state index in [1.807, 2.05) is 0 Å². The maximum absolute atomic E-state index is 12.4. The fourth-order valence-electron chi connectivity index (χ4n) is 6.99. The Bertz CT molecular complexity index is 465. The van der Waals surface area contributed by atoms with Crippen LogP contribution in [0.5, 0.6) is 0 Å². The van der Waals surface area contributed by atoms with Crippen LogP contribution in [0.3, 0.4) is 0 Å². The first kappa shape index (κ1) is 24.1. The van der Waals surface area contributed by atoms with Gasteiger partial charge in [-0.1, -0.05) is 64.7 Å². The summed E-state index contributed by atoms with van der Waals surface area (Å²) in [6, 6.07) is 0. The van der Waals surface area contributed by atoms with Crippen molar-refractivity contribution in [3.63, 3.8) is 0 Å². The fraction of sp³-hybridized carbons (Fsp3) is 0.964. The summed E-state index contributed by atoms with van der Waals surface area (Å²) in [7, 11) is 0. The molecule has 0 aliphatic heterocycles. The molecule has 0 radical (unpaired) electrons. The van der Waals surface area contributed by atoms with E-state index in [9.17, 15) is 4.79 Å². The molecule has 3 fully saturated rings. The third kappa shape index (κ3) is 7.56. The summed E-state index contributed by atoms with van der Waals surface area (Å²) in [5.74, 6) is 2.00. The van der Waals surface area contributed by atoms with Crippen LogP contribution >= 0.6 is 0 Å². The van der Waals surface area contributed by atoms with Gasteiger partial charge < -0.3 is 4.74 Å². The van der Waals surface area contributed by atoms with Crippen LogP contribution in [0.15, 0.2) is 0 Å². The zero-order valence-electron chi connectivity index (χ0n) is 20.1. The molecule has 2 heteroatoms. The van der Waals surface area contributed by atoms with Crippen LogP contribution in [0.4, 0.5) is 0 Å². The summed E-state index contributed by atoms with van der Waals surface area (Å²) in [6.07, 6.45) is 29.3. The van der Waals surface area contributed by atoms with Crippen molar-refractivity contribution in [2.75, 3.05) is 0 Å². The van der Waals surface area contributed by atoms with Gasteiger partial charge in [-0.15, -0.1) is 0 Å². The Hall–Kier alpha value is -0.530. The van der Waals surface area contributed by atoms with E-state index in [2.05, 4.69) is 6.92 Å². The average molecular weight is 419 g/mol. The highest BCUT2D eigenvalue weighted by atomic mass is 16.5. The minimum atomic E-state index is 0.0882. The van der Waals surface area contributed by atoms with Crippen LogP contribution in [-0.4, -0.2) is 12.1 Å². The summed E-state index contributed by atoms with van der Waals surface area (Å²) >= 11 is 0. The number of ether oxygens (including phenoxy) is 1. The quantitative estimate of drug-likeness (QED) is 0.247. The van der Waals surface area contributed by atoms with Gasteiger partial charge in [-0.25, -0.2) is 0 Å². The van der Waals surface area contributed by atoms with Gasteiger partial charge in [0.25, 0.3) is 0 Å². The van der Waals surface area contributed by atoms with Crippen molar-refractivity contribution < 1.29 is 9.53 Å². The van der Waals surface area contributed by atoms with Gasteiger partial charge in [-0.3, -0.25) is 4.79 Å². The van der Waals surface area contributed by atoms with Crippen LogP contribution < -0.4 is 0 Å². The van der Waals surface area contributed by atoms with Crippen molar-refractivity contribution in [2.24, 2.45) is 17.3 Å². The number of carbonyl (C=O) groups is 1. The topological polar surface area (TPSA) is 26.3 Å². The maximum atomic E-state index is 12.4. The lowest BCUT2D eigenvalue weighted by atomic mass is 9.58. The molecular formula is C28H50O2. The second-order valence-electron chi connectivity index (χ2n) is 11.1. The Morgan fingerprint density at radius 2 is 1.47 bits per heavy atom. The van der Waals surface area contributed by atoms with Gasteiger partial charge in [0, 0.05) is 6.42 Å². The van der Waals surface area contributed by atoms with E-state index in [1.54, 1.807) is 0 Å². The van der Waals surface area contributed by atoms with Crippen molar-refractivity contribution in [3.05, 3.63) is 0 Å². The average Bonchev–Trinajstić information content (AvgIpc) is 2.79. The highest BCUT2D eigenvalue weighted by Crippen LogP contribution is 2.53. The standard InChI is InChI=1S/C28H50O2/c1-2-3-4-7-13-24-19-22-28(23-20-24,25-14-8-5-9-15-25)21-12-18-27(29)30-26-16-10-6-11-17-26/h24-26H,2-23H2,1H3. The molecule has 3 rings (SSSR count). The fourth-order valence-corrected chi connectivity index (χ4v) is 6.99. The Balaban J connectivity index is 1.45. The van der Waals surface area contributed by atoms with Gasteiger partial charge in [-0.05, 0) is 94.3 Å². The number of unbranched alkanes of at least 4 members (excludes halogenated alkanes) is 3. The molecule has 0 saturated heterocycles. The highest BCUT2D eigenvalue weighted by Gasteiger charge is 2.41. The van der Waals surface area contributed by atoms with Crippen LogP contribution in [0.1, 0.15) is 148 Å². The minimum absolute atomic E-state index is 0.0882. The zero-order valence-corrected chi connectivity index (χ0v) is 20.1. The lowest BCUT2D eigenvalue weighted by Crippen LogP contribution is -2.36. The Labute approximate surface area is 187 Å². The van der Waals surface area contributed by atoms with E-state index in [1.165, 1.54) is 116 Å². The molecule has 0 heterocycles. The summed E-state index contributed by atoms with van der Waals surface area (Å²) < 4.78 is 5.80. The Morgan fingerprint density at radius 1 is 0.800 bits per heavy atom. The maximum Gasteiger partial charge on any atom is 0.306 e. The third-order valence-electron chi connectivity index (χ3n) is 8.94. The number of rotatable bonds is 11. The molecule has 30 heavy (non-hydrogen) atoms. The lowest BCUT2D eigenvalue weighted by Gasteiger charge is -2.47. The molecule has 0 aromatic heterocycles. The number of hydrogen-bond acceptors (Lipinski definition) is 2. The predicted molar refractivity (Wildman–Crippen MR) is 127 cm³/mol. The minimum Gasteiger partial charge on any atom is -0.462 e.